The summed E-state index contributed by atoms with van der Waals surface area (Å²) < 4.78 is 0. The number of carbonyl (C=O) groups is 1. The first kappa shape index (κ1) is 40.3. The van der Waals surface area contributed by atoms with Crippen LogP contribution in [0, 0.1) is 18.2 Å². The summed E-state index contributed by atoms with van der Waals surface area (Å²) in [5.41, 5.74) is 17.2. The summed E-state index contributed by atoms with van der Waals surface area (Å²) in [5.74, 6) is -0.146. The number of hydrogen-bond donors (Lipinski definition) is 0. The molecule has 10 rings (SSSR count). The maximum Gasteiger partial charge on any atom is 3.00 e. The number of aryl methyl sites for hydroxylation is 2. The van der Waals surface area contributed by atoms with Gasteiger partial charge in [0.25, 0.3) is 5.91 Å². The van der Waals surface area contributed by atoms with Gasteiger partial charge in [0.05, 0.1) is 5.69 Å². The van der Waals surface area contributed by atoms with E-state index in [1.54, 1.807) is 11.1 Å². The monoisotopic (exact) mass is 976 g/mol. The molecule has 1 aliphatic rings. The van der Waals surface area contributed by atoms with Crippen LogP contribution >= 0.6 is 0 Å². The SMILES string of the molecule is CN(C(=O)c1cc(-c2ccccc2-c2ccc(-c3[c-]cccc3)nc2)cc(-c2ccccc2-c2ccc(-c3[c-]cccc3)nc2)c1)c1ccc(-c2[c-]cc3c(c2)CCC3)nc1.[Ir+3]. The number of fused-ring (bicyclic) bond motifs is 1. The Balaban J connectivity index is 0.00000490. The molecule has 0 radical (unpaired) electrons. The van der Waals surface area contributed by atoms with Crippen LogP contribution in [0.3, 0.4) is 0 Å². The Morgan fingerprint density at radius 1 is 0.500 bits per heavy atom. The zero-order valence-corrected chi connectivity index (χ0v) is 36.4. The molecule has 6 heteroatoms. The summed E-state index contributed by atoms with van der Waals surface area (Å²) in [7, 11) is 1.81. The molecule has 9 aromatic rings. The number of rotatable bonds is 9. The molecule has 3 heterocycles. The second-order valence-electron chi connectivity index (χ2n) is 15.3. The van der Waals surface area contributed by atoms with E-state index in [0.29, 0.717) is 11.3 Å². The van der Waals surface area contributed by atoms with Gasteiger partial charge >= 0.3 is 20.1 Å². The number of hydrogen-bond acceptors (Lipinski definition) is 4. The van der Waals surface area contributed by atoms with Crippen LogP contribution in [0.5, 0.6) is 0 Å². The normalized spacial score (nSPS) is 11.7. The molecule has 5 nitrogen and oxygen atoms in total. The van der Waals surface area contributed by atoms with E-state index in [-0.39, 0.29) is 26.0 Å². The van der Waals surface area contributed by atoms with Gasteiger partial charge in [-0.2, -0.15) is 0 Å². The van der Waals surface area contributed by atoms with E-state index in [2.05, 4.69) is 72.8 Å². The smallest absolute Gasteiger partial charge is 0.310 e. The number of amides is 1. The van der Waals surface area contributed by atoms with Gasteiger partial charge in [-0.3, -0.25) is 4.79 Å². The topological polar surface area (TPSA) is 59.0 Å². The van der Waals surface area contributed by atoms with Crippen LogP contribution in [0.2, 0.25) is 0 Å². The Kier molecular flexibility index (Phi) is 11.6. The van der Waals surface area contributed by atoms with Gasteiger partial charge in [-0.1, -0.05) is 91.7 Å². The molecular weight excluding hydrogens is 937 g/mol. The minimum atomic E-state index is -0.146. The van der Waals surface area contributed by atoms with Gasteiger partial charge in [0, 0.05) is 31.2 Å². The Morgan fingerprint density at radius 3 is 1.50 bits per heavy atom. The maximum atomic E-state index is 14.7. The Bertz CT molecular complexity index is 2860. The minimum Gasteiger partial charge on any atom is -0.310 e. The summed E-state index contributed by atoms with van der Waals surface area (Å²) in [4.78, 5) is 30.9. The van der Waals surface area contributed by atoms with E-state index < -0.39 is 0 Å². The molecule has 6 aromatic carbocycles. The summed E-state index contributed by atoms with van der Waals surface area (Å²) in [6.07, 6.45) is 8.99. The van der Waals surface area contributed by atoms with Gasteiger partial charge < -0.3 is 19.9 Å². The number of nitrogens with zero attached hydrogens (tertiary/aromatic N) is 4. The van der Waals surface area contributed by atoms with Crippen LogP contribution in [-0.4, -0.2) is 27.9 Å². The van der Waals surface area contributed by atoms with Crippen molar-refractivity contribution in [2.24, 2.45) is 0 Å². The molecule has 0 atom stereocenters. The van der Waals surface area contributed by atoms with Crippen LogP contribution in [0.1, 0.15) is 27.9 Å². The van der Waals surface area contributed by atoms with E-state index in [1.165, 1.54) is 17.5 Å². The number of aromatic nitrogens is 3. The van der Waals surface area contributed by atoms with E-state index in [9.17, 15) is 4.79 Å². The van der Waals surface area contributed by atoms with Crippen LogP contribution in [-0.2, 0) is 32.9 Å². The number of pyridine rings is 3. The first-order chi connectivity index (χ1) is 30.1. The van der Waals surface area contributed by atoms with E-state index >= 15 is 0 Å². The molecule has 0 spiro atoms. The molecule has 0 fully saturated rings. The third-order valence-corrected chi connectivity index (χ3v) is 11.5. The summed E-state index contributed by atoms with van der Waals surface area (Å²) in [5, 5.41) is 0. The molecule has 0 bridgehead atoms. The summed E-state index contributed by atoms with van der Waals surface area (Å²) in [6.45, 7) is 0. The second-order valence-corrected chi connectivity index (χ2v) is 15.3. The largest absolute Gasteiger partial charge is 3.00 e. The van der Waals surface area contributed by atoms with Crippen LogP contribution in [0.4, 0.5) is 5.69 Å². The number of benzene rings is 6. The molecule has 0 saturated carbocycles. The van der Waals surface area contributed by atoms with Gasteiger partial charge in [-0.25, -0.2) is 0 Å². The quantitative estimate of drug-likeness (QED) is 0.135. The second kappa shape index (κ2) is 17.9. The minimum absolute atomic E-state index is 0. The van der Waals surface area contributed by atoms with E-state index in [1.807, 2.05) is 129 Å². The molecule has 1 aliphatic carbocycles. The van der Waals surface area contributed by atoms with Crippen molar-refractivity contribution >= 4 is 11.6 Å². The maximum absolute atomic E-state index is 14.7. The molecule has 298 valence electrons. The molecular formula is C56H39IrN4O. The van der Waals surface area contributed by atoms with Gasteiger partial charge in [0.1, 0.15) is 0 Å². The molecule has 0 saturated heterocycles. The predicted molar refractivity (Wildman–Crippen MR) is 246 cm³/mol. The average Bonchev–Trinajstić information content (AvgIpc) is 3.83. The van der Waals surface area contributed by atoms with E-state index in [0.717, 1.165) is 91.1 Å². The molecule has 62 heavy (non-hydrogen) atoms. The van der Waals surface area contributed by atoms with Gasteiger partial charge in [0.2, 0.25) is 0 Å². The van der Waals surface area contributed by atoms with Gasteiger partial charge in [-0.15, -0.1) is 107 Å². The average molecular weight is 976 g/mol. The molecule has 3 aromatic heterocycles. The van der Waals surface area contributed by atoms with Gasteiger partial charge in [0.15, 0.2) is 0 Å². The fraction of sp³-hybridized carbons (Fsp3) is 0.0714. The summed E-state index contributed by atoms with van der Waals surface area (Å²) >= 11 is 0. The van der Waals surface area contributed by atoms with Crippen molar-refractivity contribution in [1.82, 2.24) is 15.0 Å². The Labute approximate surface area is 376 Å². The third-order valence-electron chi connectivity index (χ3n) is 11.5. The zero-order valence-electron chi connectivity index (χ0n) is 34.0. The zero-order chi connectivity index (χ0) is 41.1. The predicted octanol–water partition coefficient (Wildman–Crippen LogP) is 12.7. The van der Waals surface area contributed by atoms with Crippen molar-refractivity contribution in [1.29, 1.82) is 0 Å². The first-order valence-electron chi connectivity index (χ1n) is 20.5. The molecule has 0 unspecified atom stereocenters. The molecule has 1 amide bonds. The van der Waals surface area contributed by atoms with Crippen molar-refractivity contribution < 1.29 is 24.9 Å². The summed E-state index contributed by atoms with van der Waals surface area (Å²) in [6, 6.07) is 65.0. The van der Waals surface area contributed by atoms with Crippen LogP contribution in [0.15, 0.2) is 182 Å². The van der Waals surface area contributed by atoms with Crippen molar-refractivity contribution in [2.75, 3.05) is 11.9 Å². The number of carbonyl (C=O) groups excluding carboxylic acids is 1. The van der Waals surface area contributed by atoms with Gasteiger partial charge in [-0.05, 0) is 92.3 Å². The fourth-order valence-corrected chi connectivity index (χ4v) is 8.27. The van der Waals surface area contributed by atoms with Crippen LogP contribution in [0.25, 0.3) is 78.3 Å². The first-order valence-corrected chi connectivity index (χ1v) is 20.5. The fourth-order valence-electron chi connectivity index (χ4n) is 8.27. The van der Waals surface area contributed by atoms with Crippen molar-refractivity contribution in [3.05, 3.63) is 217 Å². The third kappa shape index (κ3) is 8.19. The Hall–Kier alpha value is -7.11. The van der Waals surface area contributed by atoms with Crippen molar-refractivity contribution in [3.8, 4) is 78.3 Å². The van der Waals surface area contributed by atoms with Crippen molar-refractivity contribution in [3.63, 3.8) is 0 Å². The standard InChI is InChI=1S/C56H39N4O.Ir/c1-60(48-27-30-55(59-37-48)42-24-23-38-17-12-18-41(38)31-42)56(61)47-33-45(51-21-10-8-19-49(51)43-25-28-53(57-35-43)39-13-4-2-5-14-39)32-46(34-47)52-22-11-9-20-50(52)44-26-29-54(58-36-44)40-15-6-3-7-16-40;/h2-11,13,15,19-23,25-37H,12,17-18H2,1H3;/q-3;+3. The van der Waals surface area contributed by atoms with E-state index in [4.69, 9.17) is 15.0 Å². The van der Waals surface area contributed by atoms with Crippen molar-refractivity contribution in [2.45, 2.75) is 19.3 Å². The Morgan fingerprint density at radius 2 is 1.00 bits per heavy atom. The molecule has 0 aliphatic heterocycles. The number of anilines is 1. The van der Waals surface area contributed by atoms with Crippen LogP contribution < -0.4 is 4.90 Å². The molecule has 0 N–H and O–H groups in total.